The van der Waals surface area contributed by atoms with Crippen LogP contribution in [0.4, 0.5) is 15.2 Å². The van der Waals surface area contributed by atoms with Gasteiger partial charge in [-0.2, -0.15) is 4.99 Å². The summed E-state index contributed by atoms with van der Waals surface area (Å²) in [5, 5.41) is 5.10. The normalized spacial score (nSPS) is 11.3. The fourth-order valence-electron chi connectivity index (χ4n) is 2.11. The van der Waals surface area contributed by atoms with Crippen molar-refractivity contribution in [1.82, 2.24) is 4.98 Å². The van der Waals surface area contributed by atoms with E-state index in [0.29, 0.717) is 10.9 Å². The van der Waals surface area contributed by atoms with Crippen LogP contribution in [-0.2, 0) is 0 Å². The van der Waals surface area contributed by atoms with Gasteiger partial charge >= 0.3 is 0 Å². The van der Waals surface area contributed by atoms with Gasteiger partial charge in [-0.15, -0.1) is 11.3 Å². The number of guanidine groups is 1. The molecule has 122 valence electrons. The predicted molar refractivity (Wildman–Crippen MR) is 95.4 cm³/mol. The summed E-state index contributed by atoms with van der Waals surface area (Å²) < 4.78 is 19.0. The first kappa shape index (κ1) is 15.9. The molecular weight excluding hydrogens is 327 g/mol. The van der Waals surface area contributed by atoms with Crippen LogP contribution in [-0.4, -0.2) is 18.1 Å². The first-order valence-electron chi connectivity index (χ1n) is 7.12. The zero-order valence-corrected chi connectivity index (χ0v) is 13.7. The van der Waals surface area contributed by atoms with E-state index >= 15 is 0 Å². The lowest BCUT2D eigenvalue weighted by molar-refractivity contribution is 0.414. The van der Waals surface area contributed by atoms with Gasteiger partial charge in [-0.3, -0.25) is 0 Å². The smallest absolute Gasteiger partial charge is 0.212 e. The van der Waals surface area contributed by atoms with Gasteiger partial charge in [0.25, 0.3) is 0 Å². The second-order valence-corrected chi connectivity index (χ2v) is 5.66. The van der Waals surface area contributed by atoms with Crippen molar-refractivity contribution in [2.24, 2.45) is 10.7 Å². The van der Waals surface area contributed by atoms with E-state index < -0.39 is 5.82 Å². The maximum Gasteiger partial charge on any atom is 0.212 e. The summed E-state index contributed by atoms with van der Waals surface area (Å²) in [7, 11) is 1.46. The molecule has 0 spiro atoms. The van der Waals surface area contributed by atoms with Crippen molar-refractivity contribution in [2.45, 2.75) is 0 Å². The highest BCUT2D eigenvalue weighted by Crippen LogP contribution is 2.28. The van der Waals surface area contributed by atoms with E-state index in [1.54, 1.807) is 12.1 Å². The number of ether oxygens (including phenoxy) is 1. The van der Waals surface area contributed by atoms with Crippen LogP contribution in [0.1, 0.15) is 0 Å². The molecule has 0 aliphatic rings. The second kappa shape index (κ2) is 7.10. The molecule has 0 aliphatic carbocycles. The fraction of sp³-hybridized carbons (Fsp3) is 0.0588. The number of nitrogens with zero attached hydrogens (tertiary/aromatic N) is 2. The third kappa shape index (κ3) is 3.52. The largest absolute Gasteiger partial charge is 0.494 e. The number of hydrogen-bond donors (Lipinski definition) is 2. The second-order valence-electron chi connectivity index (χ2n) is 4.82. The van der Waals surface area contributed by atoms with Crippen molar-refractivity contribution in [1.29, 1.82) is 0 Å². The van der Waals surface area contributed by atoms with E-state index in [1.807, 2.05) is 35.7 Å². The Morgan fingerprint density at radius 1 is 1.21 bits per heavy atom. The molecule has 5 nitrogen and oxygen atoms in total. The molecule has 0 bridgehead atoms. The monoisotopic (exact) mass is 342 g/mol. The van der Waals surface area contributed by atoms with Crippen molar-refractivity contribution in [3.8, 4) is 17.0 Å². The van der Waals surface area contributed by atoms with Crippen LogP contribution in [0.3, 0.4) is 0 Å². The standard InChI is InChI=1S/C17H15FN4OS/c1-23-14-9-5-8-12(18)15(14)21-16(19)22-17-20-13(10-24-17)11-6-3-2-4-7-11/h2-10H,1H3,(H3,19,20,21,22). The number of halogens is 1. The number of aromatic nitrogens is 1. The molecule has 0 radical (unpaired) electrons. The molecule has 2 aromatic carbocycles. The van der Waals surface area contributed by atoms with Crippen LogP contribution in [0.2, 0.25) is 0 Å². The molecule has 0 amide bonds. The minimum Gasteiger partial charge on any atom is -0.494 e. The average molecular weight is 342 g/mol. The van der Waals surface area contributed by atoms with E-state index in [2.05, 4.69) is 15.3 Å². The molecule has 0 unspecified atom stereocenters. The van der Waals surface area contributed by atoms with Gasteiger partial charge in [0.05, 0.1) is 12.8 Å². The predicted octanol–water partition coefficient (Wildman–Crippen LogP) is 4.02. The van der Waals surface area contributed by atoms with Crippen LogP contribution in [0.5, 0.6) is 5.75 Å². The van der Waals surface area contributed by atoms with Gasteiger partial charge in [0.15, 0.2) is 5.82 Å². The van der Waals surface area contributed by atoms with Crippen molar-refractivity contribution in [2.75, 3.05) is 12.4 Å². The van der Waals surface area contributed by atoms with E-state index in [4.69, 9.17) is 10.5 Å². The van der Waals surface area contributed by atoms with Crippen molar-refractivity contribution in [3.05, 3.63) is 59.7 Å². The summed E-state index contributed by atoms with van der Waals surface area (Å²) >= 11 is 1.35. The van der Waals surface area contributed by atoms with E-state index in [1.165, 1.54) is 24.5 Å². The Labute approximate surface area is 142 Å². The molecule has 0 saturated carbocycles. The summed E-state index contributed by atoms with van der Waals surface area (Å²) in [5.74, 6) is -0.0961. The van der Waals surface area contributed by atoms with Gasteiger partial charge in [-0.05, 0) is 12.1 Å². The number of thiazole rings is 1. The summed E-state index contributed by atoms with van der Waals surface area (Å²) in [4.78, 5) is 8.60. The van der Waals surface area contributed by atoms with Gasteiger partial charge < -0.3 is 15.8 Å². The molecule has 3 N–H and O–H groups in total. The highest BCUT2D eigenvalue weighted by atomic mass is 32.1. The van der Waals surface area contributed by atoms with Crippen molar-refractivity contribution in [3.63, 3.8) is 0 Å². The van der Waals surface area contributed by atoms with Crippen LogP contribution < -0.4 is 15.8 Å². The molecule has 3 rings (SSSR count). The molecule has 1 heterocycles. The molecule has 3 aromatic rings. The van der Waals surface area contributed by atoms with Gasteiger partial charge in [0, 0.05) is 10.9 Å². The zero-order valence-electron chi connectivity index (χ0n) is 12.9. The lowest BCUT2D eigenvalue weighted by atomic mass is 10.2. The Hall–Kier alpha value is -2.93. The number of anilines is 1. The lowest BCUT2D eigenvalue weighted by Gasteiger charge is -2.10. The minimum atomic E-state index is -0.475. The molecule has 1 aromatic heterocycles. The average Bonchev–Trinajstić information content (AvgIpc) is 3.06. The Morgan fingerprint density at radius 2 is 2.00 bits per heavy atom. The minimum absolute atomic E-state index is 0.0346. The summed E-state index contributed by atoms with van der Waals surface area (Å²) in [5.41, 5.74) is 7.81. The van der Waals surface area contributed by atoms with E-state index in [0.717, 1.165) is 11.3 Å². The topological polar surface area (TPSA) is 72.5 Å². The third-order valence-corrected chi connectivity index (χ3v) is 3.96. The van der Waals surface area contributed by atoms with Crippen molar-refractivity contribution < 1.29 is 9.13 Å². The lowest BCUT2D eigenvalue weighted by Crippen LogP contribution is -2.23. The van der Waals surface area contributed by atoms with Crippen LogP contribution in [0.25, 0.3) is 11.3 Å². The number of rotatable bonds is 4. The molecule has 0 fully saturated rings. The molecule has 0 aliphatic heterocycles. The Morgan fingerprint density at radius 3 is 2.75 bits per heavy atom. The number of benzene rings is 2. The number of hydrogen-bond acceptors (Lipinski definition) is 4. The number of nitrogens with one attached hydrogen (secondary N) is 1. The number of nitrogens with two attached hydrogens (primary N) is 1. The molecule has 24 heavy (non-hydrogen) atoms. The van der Waals surface area contributed by atoms with Crippen LogP contribution in [0.15, 0.2) is 58.9 Å². The zero-order chi connectivity index (χ0) is 16.9. The van der Waals surface area contributed by atoms with Crippen molar-refractivity contribution >= 4 is 28.1 Å². The van der Waals surface area contributed by atoms with Gasteiger partial charge in [-0.25, -0.2) is 9.37 Å². The highest BCUT2D eigenvalue weighted by Gasteiger charge is 2.10. The highest BCUT2D eigenvalue weighted by molar-refractivity contribution is 7.13. The summed E-state index contributed by atoms with van der Waals surface area (Å²) in [6, 6.07) is 14.3. The molecule has 0 atom stereocenters. The van der Waals surface area contributed by atoms with Crippen LogP contribution in [0, 0.1) is 5.82 Å². The summed E-state index contributed by atoms with van der Waals surface area (Å²) in [6.45, 7) is 0. The number of methoxy groups -OCH3 is 1. The fourth-order valence-corrected chi connectivity index (χ4v) is 2.82. The maximum atomic E-state index is 13.9. The Kier molecular flexibility index (Phi) is 4.72. The van der Waals surface area contributed by atoms with E-state index in [-0.39, 0.29) is 11.6 Å². The quantitative estimate of drug-likeness (QED) is 0.555. The first-order chi connectivity index (χ1) is 11.7. The van der Waals surface area contributed by atoms with Crippen LogP contribution >= 0.6 is 11.3 Å². The SMILES string of the molecule is COc1cccc(F)c1N/C(N)=N/c1nc(-c2ccccc2)cs1. The van der Waals surface area contributed by atoms with Gasteiger partial charge in [0.2, 0.25) is 11.1 Å². The van der Waals surface area contributed by atoms with Gasteiger partial charge in [0.1, 0.15) is 11.4 Å². The van der Waals surface area contributed by atoms with E-state index in [9.17, 15) is 4.39 Å². The number of para-hydroxylation sites is 1. The maximum absolute atomic E-state index is 13.9. The molecule has 7 heteroatoms. The first-order valence-corrected chi connectivity index (χ1v) is 8.00. The molecule has 0 saturated heterocycles. The molecular formula is C17H15FN4OS. The Bertz CT molecular complexity index is 864. The number of aliphatic imine (C=N–C) groups is 1. The summed E-state index contributed by atoms with van der Waals surface area (Å²) in [6.07, 6.45) is 0. The van der Waals surface area contributed by atoms with Gasteiger partial charge in [-0.1, -0.05) is 36.4 Å². The third-order valence-electron chi connectivity index (χ3n) is 3.23. The Balaban J connectivity index is 1.81.